The number of phosphoric acid groups is 1. The fourth-order valence-electron chi connectivity index (χ4n) is 6.76. The predicted molar refractivity (Wildman–Crippen MR) is 244 cm³/mol. The van der Waals surface area contributed by atoms with E-state index in [9.17, 15) is 19.4 Å². The van der Waals surface area contributed by atoms with Crippen molar-refractivity contribution in [3.63, 3.8) is 0 Å². The van der Waals surface area contributed by atoms with Gasteiger partial charge in [0.05, 0.1) is 39.9 Å². The third-order valence-electron chi connectivity index (χ3n) is 10.6. The third kappa shape index (κ3) is 42.6. The van der Waals surface area contributed by atoms with Crippen LogP contribution in [-0.2, 0) is 18.4 Å². The zero-order valence-electron chi connectivity index (χ0n) is 38.1. The van der Waals surface area contributed by atoms with Gasteiger partial charge in [-0.2, -0.15) is 0 Å². The van der Waals surface area contributed by atoms with Crippen molar-refractivity contribution in [2.75, 3.05) is 40.9 Å². The minimum atomic E-state index is -4.34. The number of phosphoric ester groups is 1. The smallest absolute Gasteiger partial charge is 0.387 e. The average Bonchev–Trinajstić information content (AvgIpc) is 3.16. The molecule has 3 unspecified atom stereocenters. The van der Waals surface area contributed by atoms with Crippen molar-refractivity contribution in [2.45, 2.75) is 225 Å². The number of likely N-dealkylation sites (N-methyl/N-ethyl adjacent to an activating group) is 1. The van der Waals surface area contributed by atoms with Gasteiger partial charge in [-0.25, -0.2) is 4.57 Å². The normalized spacial score (nSPS) is 14.6. The molecular formula is C48H94N2O6P+. The predicted octanol–water partition coefficient (Wildman–Crippen LogP) is 13.5. The second-order valence-corrected chi connectivity index (χ2v) is 18.9. The van der Waals surface area contributed by atoms with E-state index in [2.05, 4.69) is 43.5 Å². The second kappa shape index (κ2) is 40.1. The number of hydrogen-bond acceptors (Lipinski definition) is 5. The molecule has 0 aromatic rings. The van der Waals surface area contributed by atoms with E-state index < -0.39 is 20.0 Å². The van der Waals surface area contributed by atoms with Crippen molar-refractivity contribution in [2.24, 2.45) is 0 Å². The fraction of sp³-hybridized carbons (Fsp3) is 0.854. The number of carbonyl (C=O) groups is 1. The molecule has 0 heterocycles. The molecule has 0 aliphatic carbocycles. The van der Waals surface area contributed by atoms with Crippen molar-refractivity contribution < 1.29 is 32.9 Å². The summed E-state index contributed by atoms with van der Waals surface area (Å²) in [5.74, 6) is -0.191. The summed E-state index contributed by atoms with van der Waals surface area (Å²) in [5, 5.41) is 13.8. The number of nitrogens with zero attached hydrogens (tertiary/aromatic N) is 1. The number of quaternary nitrogens is 1. The van der Waals surface area contributed by atoms with E-state index in [0.29, 0.717) is 17.4 Å². The van der Waals surface area contributed by atoms with Gasteiger partial charge < -0.3 is 19.8 Å². The number of allylic oxidation sites excluding steroid dienone is 5. The monoisotopic (exact) mass is 826 g/mol. The quantitative estimate of drug-likeness (QED) is 0.0245. The van der Waals surface area contributed by atoms with Gasteiger partial charge in [-0.05, 0) is 44.9 Å². The lowest BCUT2D eigenvalue weighted by atomic mass is 10.0. The first-order chi connectivity index (χ1) is 27.5. The Kier molecular flexibility index (Phi) is 39.2. The van der Waals surface area contributed by atoms with Crippen LogP contribution in [0.15, 0.2) is 36.5 Å². The first kappa shape index (κ1) is 55.7. The summed E-state index contributed by atoms with van der Waals surface area (Å²) in [6, 6.07) is -0.852. The van der Waals surface area contributed by atoms with Crippen LogP contribution in [0.25, 0.3) is 0 Å². The molecule has 0 saturated heterocycles. The van der Waals surface area contributed by atoms with Crippen LogP contribution in [0.1, 0.15) is 213 Å². The Bertz CT molecular complexity index is 1030. The Morgan fingerprint density at radius 1 is 0.596 bits per heavy atom. The number of rotatable bonds is 43. The van der Waals surface area contributed by atoms with Gasteiger partial charge in [0.15, 0.2) is 0 Å². The maximum Gasteiger partial charge on any atom is 0.472 e. The van der Waals surface area contributed by atoms with Gasteiger partial charge in [-0.3, -0.25) is 13.8 Å². The number of aliphatic hydroxyl groups excluding tert-OH is 1. The van der Waals surface area contributed by atoms with Gasteiger partial charge in [0.25, 0.3) is 0 Å². The number of hydrogen-bond donors (Lipinski definition) is 3. The lowest BCUT2D eigenvalue weighted by Gasteiger charge is -2.25. The largest absolute Gasteiger partial charge is 0.472 e. The molecule has 3 atom stereocenters. The van der Waals surface area contributed by atoms with Gasteiger partial charge in [0.2, 0.25) is 5.91 Å². The minimum absolute atomic E-state index is 0.0585. The number of amides is 1. The average molecular weight is 826 g/mol. The first-order valence-electron chi connectivity index (χ1n) is 23.9. The SMILES string of the molecule is CCCC/C=C\C/C=C\CCCCCCCC(=O)NC(COP(=O)(O)OCC[N+](C)(C)C)C(O)/C=C/CCCCCCCCCCCCCCCCCCCCC. The summed E-state index contributed by atoms with van der Waals surface area (Å²) in [6.07, 6.45) is 49.3. The highest BCUT2D eigenvalue weighted by atomic mass is 31.2. The van der Waals surface area contributed by atoms with Crippen LogP contribution in [0.5, 0.6) is 0 Å². The Morgan fingerprint density at radius 3 is 1.49 bits per heavy atom. The second-order valence-electron chi connectivity index (χ2n) is 17.5. The van der Waals surface area contributed by atoms with Crippen molar-refractivity contribution >= 4 is 13.7 Å². The molecule has 0 saturated carbocycles. The van der Waals surface area contributed by atoms with Crippen LogP contribution >= 0.6 is 7.82 Å². The van der Waals surface area contributed by atoms with E-state index in [1.807, 2.05) is 27.2 Å². The van der Waals surface area contributed by atoms with Crippen molar-refractivity contribution in [3.05, 3.63) is 36.5 Å². The summed E-state index contributed by atoms with van der Waals surface area (Å²) in [4.78, 5) is 23.1. The molecule has 0 aliphatic rings. The Balaban J connectivity index is 4.36. The van der Waals surface area contributed by atoms with E-state index in [1.54, 1.807) is 6.08 Å². The highest BCUT2D eigenvalue weighted by Gasteiger charge is 2.27. The minimum Gasteiger partial charge on any atom is -0.387 e. The molecule has 0 aliphatic heterocycles. The number of unbranched alkanes of at least 4 members (excludes halogenated alkanes) is 26. The van der Waals surface area contributed by atoms with Gasteiger partial charge in [-0.1, -0.05) is 198 Å². The molecule has 1 amide bonds. The van der Waals surface area contributed by atoms with Gasteiger partial charge in [0, 0.05) is 6.42 Å². The molecule has 0 radical (unpaired) electrons. The maximum absolute atomic E-state index is 12.9. The summed E-state index contributed by atoms with van der Waals surface area (Å²) in [7, 11) is 1.56. The molecule has 0 aromatic heterocycles. The molecule has 0 fully saturated rings. The molecule has 0 bridgehead atoms. The van der Waals surface area contributed by atoms with Crippen LogP contribution in [0.3, 0.4) is 0 Å². The molecule has 57 heavy (non-hydrogen) atoms. The van der Waals surface area contributed by atoms with Gasteiger partial charge in [-0.15, -0.1) is 0 Å². The van der Waals surface area contributed by atoms with E-state index in [0.717, 1.165) is 64.2 Å². The highest BCUT2D eigenvalue weighted by molar-refractivity contribution is 7.47. The van der Waals surface area contributed by atoms with Crippen LogP contribution in [-0.4, -0.2) is 73.4 Å². The summed E-state index contributed by atoms with van der Waals surface area (Å²) in [5.41, 5.74) is 0. The number of aliphatic hydroxyl groups is 1. The van der Waals surface area contributed by atoms with Crippen LogP contribution in [0.4, 0.5) is 0 Å². The highest BCUT2D eigenvalue weighted by Crippen LogP contribution is 2.43. The van der Waals surface area contributed by atoms with E-state index in [1.165, 1.54) is 128 Å². The Hall–Kier alpha value is -1.28. The molecule has 0 spiro atoms. The van der Waals surface area contributed by atoms with E-state index >= 15 is 0 Å². The van der Waals surface area contributed by atoms with Crippen LogP contribution in [0.2, 0.25) is 0 Å². The Morgan fingerprint density at radius 2 is 1.02 bits per heavy atom. The Labute approximate surface area is 353 Å². The topological polar surface area (TPSA) is 105 Å². The van der Waals surface area contributed by atoms with Crippen molar-refractivity contribution in [3.8, 4) is 0 Å². The molecule has 9 heteroatoms. The molecule has 3 N–H and O–H groups in total. The molecule has 336 valence electrons. The van der Waals surface area contributed by atoms with Crippen LogP contribution < -0.4 is 5.32 Å². The molecule has 0 rings (SSSR count). The van der Waals surface area contributed by atoms with Crippen molar-refractivity contribution in [1.29, 1.82) is 0 Å². The summed E-state index contributed by atoms with van der Waals surface area (Å²) >= 11 is 0. The standard InChI is InChI=1S/C48H93N2O6P/c1-6-8-10-12-14-16-18-20-22-23-24-25-26-27-28-29-31-33-35-37-39-41-47(51)46(45-56-57(53,54)55-44-43-50(3,4)5)49-48(52)42-40-38-36-34-32-30-21-19-17-15-13-11-9-7-2/h13,15,19,21,39,41,46-47,51H,6-12,14,16-18,20,22-38,40,42-45H2,1-5H3,(H-,49,52,53,54)/p+1/b15-13-,21-19-,41-39+. The number of nitrogens with one attached hydrogen (secondary N) is 1. The fourth-order valence-corrected chi connectivity index (χ4v) is 7.50. The van der Waals surface area contributed by atoms with Gasteiger partial charge in [0.1, 0.15) is 13.2 Å². The lowest BCUT2D eigenvalue weighted by molar-refractivity contribution is -0.870. The maximum atomic E-state index is 12.9. The first-order valence-corrected chi connectivity index (χ1v) is 25.4. The third-order valence-corrected chi connectivity index (χ3v) is 11.6. The molecule has 0 aromatic carbocycles. The summed E-state index contributed by atoms with van der Waals surface area (Å²) < 4.78 is 23.6. The van der Waals surface area contributed by atoms with E-state index in [-0.39, 0.29) is 19.1 Å². The van der Waals surface area contributed by atoms with Crippen molar-refractivity contribution in [1.82, 2.24) is 5.32 Å². The van der Waals surface area contributed by atoms with E-state index in [4.69, 9.17) is 9.05 Å². The zero-order valence-corrected chi connectivity index (χ0v) is 39.0. The molecule has 8 nitrogen and oxygen atoms in total. The zero-order chi connectivity index (χ0) is 42.1. The lowest BCUT2D eigenvalue weighted by Crippen LogP contribution is -2.45. The summed E-state index contributed by atoms with van der Waals surface area (Å²) in [6.45, 7) is 4.77. The van der Waals surface area contributed by atoms with Gasteiger partial charge >= 0.3 is 7.82 Å². The molecular weight excluding hydrogens is 732 g/mol. The number of carbonyl (C=O) groups excluding carboxylic acids is 1. The van der Waals surface area contributed by atoms with Crippen LogP contribution in [0, 0.1) is 0 Å².